The number of aliphatic hydroxyl groups is 17. The summed E-state index contributed by atoms with van der Waals surface area (Å²) in [5.41, 5.74) is 0.681. The number of aryl methyl sites for hydroxylation is 1. The molecule has 0 radical (unpaired) electrons. The van der Waals surface area contributed by atoms with Crippen LogP contribution in [0, 0.1) is 6.92 Å². The average Bonchev–Trinajstić information content (AvgIpc) is 3.41. The van der Waals surface area contributed by atoms with Crippen LogP contribution in [0.4, 0.5) is 0 Å². The molecule has 436 valence electrons. The van der Waals surface area contributed by atoms with Crippen LogP contribution in [0.5, 0.6) is 0 Å². The molecule has 1 aromatic rings. The Morgan fingerprint density at radius 2 is 0.553 bits per heavy atom. The van der Waals surface area contributed by atoms with Crippen molar-refractivity contribution in [1.82, 2.24) is 0 Å². The van der Waals surface area contributed by atoms with Gasteiger partial charge >= 0.3 is 0 Å². The van der Waals surface area contributed by atoms with Crippen molar-refractivity contribution in [2.45, 2.75) is 196 Å². The summed E-state index contributed by atoms with van der Waals surface area (Å²) >= 11 is 0. The molecule has 1 unspecified atom stereocenters. The molecule has 22 aliphatic rings. The van der Waals surface area contributed by atoms with Crippen molar-refractivity contribution in [2.75, 3.05) is 39.6 Å². The summed E-state index contributed by atoms with van der Waals surface area (Å²) in [4.78, 5) is -0.344. The first-order valence-corrected chi connectivity index (χ1v) is 25.5. The van der Waals surface area contributed by atoms with Crippen LogP contribution in [0.3, 0.4) is 0 Å². The summed E-state index contributed by atoms with van der Waals surface area (Å²) < 4.78 is 101. The lowest BCUT2D eigenvalue weighted by atomic mass is 9.94. The molecule has 12 bridgehead atoms. The Kier molecular flexibility index (Phi) is 19.8. The standard InChI is InChI=1S/C43H66O32S/c1-12-2-4-13(5-3-12)76(61,62)63-11-19-37-25(54)31(60)43(69-19)74-36-18(10-48)67-41(29(58)23(36)52)72-34-16(8-46)65-39(27(56)21(34)50)70-32-14(6-44)64-38(26(55)20(32)49)71-33-15(7-45)66-40(28(57)22(33)51)73-35-17(9-47)68-42(75-37)30(59)24(35)53/h2-5,14-60H,6-11H2,1H3/t14-,15-,16-,17-,18-,19?,20-,21-,22-,23-,24-,25-,26-,27-,28-,29-,30-,31-,32-,33-,34-,35-,36-,37-,38-,39-,40-,41-,42-,43-/m1/s1. The largest absolute Gasteiger partial charge is 0.394 e. The van der Waals surface area contributed by atoms with Gasteiger partial charge in [-0.3, -0.25) is 4.18 Å². The predicted octanol–water partition coefficient (Wildman–Crippen LogP) is -11.3. The molecular weight excluding hydrogens is 1060 g/mol. The molecule has 1 aromatic carbocycles. The topological polar surface area (TPSA) is 498 Å². The van der Waals surface area contributed by atoms with Crippen molar-refractivity contribution in [3.63, 3.8) is 0 Å². The summed E-state index contributed by atoms with van der Waals surface area (Å²) in [7, 11) is -4.66. The highest BCUT2D eigenvalue weighted by molar-refractivity contribution is 7.86. The Labute approximate surface area is 431 Å². The molecule has 0 amide bonds. The first kappa shape index (κ1) is 60.1. The molecule has 22 fully saturated rings. The third-order valence-corrected chi connectivity index (χ3v) is 15.5. The van der Waals surface area contributed by atoms with E-state index in [-0.39, 0.29) is 4.90 Å². The van der Waals surface area contributed by atoms with Gasteiger partial charge in [-0.2, -0.15) is 8.42 Å². The zero-order valence-corrected chi connectivity index (χ0v) is 40.8. The average molecular weight is 1130 g/mol. The van der Waals surface area contributed by atoms with Crippen LogP contribution in [-0.2, 0) is 71.1 Å². The SMILES string of the molecule is Cc1ccc(S(=O)(=O)OCC2O[C@@H]3O[C@H]4[C@H](O)[C@@H](O)[C@@H](O[C@H]5[C@H](O)[C@@H](O)[C@@H](O[C@H]6[C@H](O)[C@@H](O)[C@@H](O[C@H]7[C@H](O)[C@@H](O)[C@@H](O[C@H]8[C@H](O)[C@@H](O)[C@@H](O[C@H]2[C@H](O)[C@H]3O)O[C@@H]8CO)O[C@@H]7CO)O[C@@H]6CO)O[C@@H]5CO)O[C@@H]4CO)cc1. The van der Waals surface area contributed by atoms with Crippen molar-refractivity contribution in [1.29, 1.82) is 0 Å². The zero-order valence-electron chi connectivity index (χ0n) is 40.0. The molecule has 33 heteroatoms. The van der Waals surface area contributed by atoms with Crippen LogP contribution in [0.25, 0.3) is 0 Å². The van der Waals surface area contributed by atoms with E-state index in [0.29, 0.717) is 5.56 Å². The van der Waals surface area contributed by atoms with Gasteiger partial charge in [0.15, 0.2) is 37.7 Å². The van der Waals surface area contributed by atoms with E-state index in [4.69, 9.17) is 61.0 Å². The Morgan fingerprint density at radius 3 is 0.776 bits per heavy atom. The van der Waals surface area contributed by atoms with Gasteiger partial charge in [-0.05, 0) is 19.1 Å². The lowest BCUT2D eigenvalue weighted by Crippen LogP contribution is -2.69. The second-order valence-electron chi connectivity index (χ2n) is 19.2. The minimum atomic E-state index is -4.66. The fraction of sp³-hybridized carbons (Fsp3) is 0.860. The summed E-state index contributed by atoms with van der Waals surface area (Å²) in [6.45, 7) is -4.63. The lowest BCUT2D eigenvalue weighted by Gasteiger charge is -2.50. The third kappa shape index (κ3) is 12.0. The molecule has 32 nitrogen and oxygen atoms in total. The molecule has 76 heavy (non-hydrogen) atoms. The molecule has 22 aliphatic heterocycles. The minimum absolute atomic E-state index is 0.344. The van der Waals surface area contributed by atoms with E-state index in [2.05, 4.69) is 0 Å². The highest BCUT2D eigenvalue weighted by Gasteiger charge is 2.59. The van der Waals surface area contributed by atoms with Crippen molar-refractivity contribution in [2.24, 2.45) is 0 Å². The monoisotopic (exact) mass is 1130 g/mol. The van der Waals surface area contributed by atoms with E-state index in [0.717, 1.165) is 0 Å². The van der Waals surface area contributed by atoms with Gasteiger partial charge < -0.3 is 144 Å². The van der Waals surface area contributed by atoms with E-state index >= 15 is 0 Å². The first-order chi connectivity index (χ1) is 36.1. The van der Waals surface area contributed by atoms with Crippen molar-refractivity contribution >= 4 is 10.1 Å². The second-order valence-corrected chi connectivity index (χ2v) is 20.8. The van der Waals surface area contributed by atoms with Crippen LogP contribution in [0.15, 0.2) is 29.2 Å². The molecule has 30 atom stereocenters. The molecule has 22 saturated heterocycles. The van der Waals surface area contributed by atoms with Crippen LogP contribution >= 0.6 is 0 Å². The van der Waals surface area contributed by atoms with Gasteiger partial charge in [0.1, 0.15) is 146 Å². The maximum absolute atomic E-state index is 13.4. The number of hydrogen-bond donors (Lipinski definition) is 17. The molecule has 0 saturated carbocycles. The maximum atomic E-state index is 13.4. The van der Waals surface area contributed by atoms with E-state index < -0.39 is 234 Å². The highest BCUT2D eigenvalue weighted by Crippen LogP contribution is 2.38. The van der Waals surface area contributed by atoms with Gasteiger partial charge in [-0.15, -0.1) is 0 Å². The van der Waals surface area contributed by atoms with E-state index in [1.54, 1.807) is 6.92 Å². The summed E-state index contributed by atoms with van der Waals surface area (Å²) in [6.07, 6.45) is -61.1. The van der Waals surface area contributed by atoms with Crippen LogP contribution in [-0.4, -0.2) is 319 Å². The van der Waals surface area contributed by atoms with Gasteiger partial charge in [0.05, 0.1) is 44.5 Å². The lowest BCUT2D eigenvalue weighted by molar-refractivity contribution is -0.403. The Morgan fingerprint density at radius 1 is 0.342 bits per heavy atom. The number of rotatable bonds is 9. The minimum Gasteiger partial charge on any atom is -0.394 e. The van der Waals surface area contributed by atoms with Crippen LogP contribution in [0.2, 0.25) is 0 Å². The molecule has 17 N–H and O–H groups in total. The molecule has 0 aliphatic carbocycles. The number of ether oxygens (including phenoxy) is 12. The van der Waals surface area contributed by atoms with Crippen molar-refractivity contribution < 1.29 is 156 Å². The van der Waals surface area contributed by atoms with Gasteiger partial charge in [-0.1, -0.05) is 17.7 Å². The van der Waals surface area contributed by atoms with Gasteiger partial charge in [0.25, 0.3) is 10.1 Å². The number of aliphatic hydroxyl groups excluding tert-OH is 17. The third-order valence-electron chi connectivity index (χ3n) is 14.2. The Bertz CT molecular complexity index is 2100. The number of benzene rings is 1. The van der Waals surface area contributed by atoms with Crippen LogP contribution in [0.1, 0.15) is 5.56 Å². The summed E-state index contributed by atoms with van der Waals surface area (Å²) in [5, 5.41) is 188. The van der Waals surface area contributed by atoms with E-state index in [1.165, 1.54) is 24.3 Å². The first-order valence-electron chi connectivity index (χ1n) is 24.1. The molecule has 0 aromatic heterocycles. The van der Waals surface area contributed by atoms with E-state index in [1.807, 2.05) is 0 Å². The zero-order chi connectivity index (χ0) is 55.2. The normalized spacial score (nSPS) is 49.8. The summed E-state index contributed by atoms with van der Waals surface area (Å²) in [6, 6.07) is 5.34. The Hall–Kier alpha value is -2.03. The molecule has 22 heterocycles. The molecular formula is C43H66O32S. The molecule has 0 spiro atoms. The smallest absolute Gasteiger partial charge is 0.297 e. The van der Waals surface area contributed by atoms with Gasteiger partial charge in [-0.25, -0.2) is 0 Å². The molecule has 23 rings (SSSR count). The van der Waals surface area contributed by atoms with Crippen LogP contribution < -0.4 is 0 Å². The second kappa shape index (κ2) is 25.0. The van der Waals surface area contributed by atoms with Crippen molar-refractivity contribution in [3.05, 3.63) is 29.8 Å². The fourth-order valence-electron chi connectivity index (χ4n) is 9.84. The highest BCUT2D eigenvalue weighted by atomic mass is 32.2. The summed E-state index contributed by atoms with van der Waals surface area (Å²) in [5.74, 6) is 0. The Balaban J connectivity index is 1.12. The van der Waals surface area contributed by atoms with Crippen molar-refractivity contribution in [3.8, 4) is 0 Å². The quantitative estimate of drug-likeness (QED) is 0.102. The van der Waals surface area contributed by atoms with Gasteiger partial charge in [0.2, 0.25) is 0 Å². The van der Waals surface area contributed by atoms with Gasteiger partial charge in [0, 0.05) is 0 Å². The fourth-order valence-corrected chi connectivity index (χ4v) is 10.8. The maximum Gasteiger partial charge on any atom is 0.297 e. The van der Waals surface area contributed by atoms with E-state index in [9.17, 15) is 95.2 Å². The predicted molar refractivity (Wildman–Crippen MR) is 233 cm³/mol. The number of hydrogen-bond acceptors (Lipinski definition) is 32.